The second-order valence-electron chi connectivity index (χ2n) is 7.95. The monoisotopic (exact) mass is 470 g/mol. The van der Waals surface area contributed by atoms with E-state index in [4.69, 9.17) is 0 Å². The number of aliphatic hydroxyl groups excluding tert-OH is 2. The molecule has 178 valence electrons. The molecule has 7 heteroatoms. The first kappa shape index (κ1) is 26.6. The van der Waals surface area contributed by atoms with E-state index in [1.54, 1.807) is 17.8 Å². The Morgan fingerprint density at radius 2 is 1.52 bits per heavy atom. The highest BCUT2D eigenvalue weighted by Crippen LogP contribution is 2.15. The van der Waals surface area contributed by atoms with Crippen LogP contribution >= 0.6 is 11.8 Å². The summed E-state index contributed by atoms with van der Waals surface area (Å²) < 4.78 is 0. The lowest BCUT2D eigenvalue weighted by Crippen LogP contribution is -2.45. The van der Waals surface area contributed by atoms with E-state index in [1.165, 1.54) is 5.56 Å². The second-order valence-corrected chi connectivity index (χ2v) is 8.98. The highest BCUT2D eigenvalue weighted by atomic mass is 32.2. The fraction of sp³-hybridized carbons (Fsp3) is 0.385. The van der Waals surface area contributed by atoms with Crippen molar-refractivity contribution in [3.63, 3.8) is 0 Å². The van der Waals surface area contributed by atoms with E-state index >= 15 is 0 Å². The van der Waals surface area contributed by atoms with Gasteiger partial charge in [-0.3, -0.25) is 9.59 Å². The molecule has 0 spiro atoms. The molecule has 0 fully saturated rings. The summed E-state index contributed by atoms with van der Waals surface area (Å²) in [6.07, 6.45) is 2.45. The molecule has 4 N–H and O–H groups in total. The molecule has 6 nitrogen and oxygen atoms in total. The molecule has 2 amide bonds. The van der Waals surface area contributed by atoms with Crippen LogP contribution in [-0.4, -0.2) is 53.1 Å². The van der Waals surface area contributed by atoms with Gasteiger partial charge in [0, 0.05) is 17.9 Å². The molecule has 0 unspecified atom stereocenters. The van der Waals surface area contributed by atoms with Gasteiger partial charge in [-0.15, -0.1) is 6.58 Å². The van der Waals surface area contributed by atoms with Crippen LogP contribution in [0.3, 0.4) is 0 Å². The maximum Gasteiger partial charge on any atom is 0.224 e. The number of carbonyl (C=O) groups excluding carboxylic acids is 2. The Balaban J connectivity index is 1.84. The molecule has 2 aromatic carbocycles. The van der Waals surface area contributed by atoms with Gasteiger partial charge in [0.2, 0.25) is 11.8 Å². The summed E-state index contributed by atoms with van der Waals surface area (Å²) >= 11 is 1.63. The quantitative estimate of drug-likeness (QED) is 0.300. The maximum atomic E-state index is 12.8. The minimum atomic E-state index is -0.591. The zero-order valence-electron chi connectivity index (χ0n) is 18.9. The number of aliphatic hydroxyl groups is 2. The van der Waals surface area contributed by atoms with Gasteiger partial charge >= 0.3 is 0 Å². The largest absolute Gasteiger partial charge is 0.394 e. The Hall–Kier alpha value is -2.61. The Morgan fingerprint density at radius 3 is 2.09 bits per heavy atom. The van der Waals surface area contributed by atoms with E-state index in [2.05, 4.69) is 17.2 Å². The standard InChI is InChI=1S/C26H34N2O4S/c1-2-9-22(15-25(31)27-23(16-29)14-20-10-5-3-6-11-20)26(32)28-24(17-30)19-33-18-21-12-7-4-8-13-21/h2-8,10-13,22-24,29-30H,1,9,14-19H2,(H,27,31)(H,28,32)/t22-,23+,24-/m1/s1. The van der Waals surface area contributed by atoms with Crippen LogP contribution in [0.15, 0.2) is 73.3 Å². The van der Waals surface area contributed by atoms with Gasteiger partial charge < -0.3 is 20.8 Å². The second kappa shape index (κ2) is 15.3. The third kappa shape index (κ3) is 10.2. The third-order valence-corrected chi connectivity index (χ3v) is 6.34. The van der Waals surface area contributed by atoms with E-state index in [1.807, 2.05) is 60.7 Å². The van der Waals surface area contributed by atoms with Gasteiger partial charge in [-0.25, -0.2) is 0 Å². The molecule has 0 aliphatic rings. The molecule has 0 radical (unpaired) electrons. The first-order valence-corrected chi connectivity index (χ1v) is 12.3. The highest BCUT2D eigenvalue weighted by Gasteiger charge is 2.24. The minimum Gasteiger partial charge on any atom is -0.394 e. The van der Waals surface area contributed by atoms with Crippen molar-refractivity contribution < 1.29 is 19.8 Å². The molecule has 33 heavy (non-hydrogen) atoms. The number of nitrogens with one attached hydrogen (secondary N) is 2. The van der Waals surface area contributed by atoms with Crippen LogP contribution < -0.4 is 10.6 Å². The predicted octanol–water partition coefficient (Wildman–Crippen LogP) is 2.70. The summed E-state index contributed by atoms with van der Waals surface area (Å²) in [6, 6.07) is 18.8. The lowest BCUT2D eigenvalue weighted by molar-refractivity contribution is -0.131. The molecule has 0 saturated heterocycles. The van der Waals surface area contributed by atoms with Gasteiger partial charge in [-0.05, 0) is 24.0 Å². The van der Waals surface area contributed by atoms with Crippen LogP contribution in [0.1, 0.15) is 24.0 Å². The predicted molar refractivity (Wildman–Crippen MR) is 134 cm³/mol. The molecule has 2 rings (SSSR count). The van der Waals surface area contributed by atoms with Crippen molar-refractivity contribution in [1.29, 1.82) is 0 Å². The molecule has 0 aromatic heterocycles. The van der Waals surface area contributed by atoms with Crippen molar-refractivity contribution >= 4 is 23.6 Å². The number of hydrogen-bond donors (Lipinski definition) is 4. The van der Waals surface area contributed by atoms with Gasteiger partial charge in [0.15, 0.2) is 0 Å². The zero-order chi connectivity index (χ0) is 23.9. The van der Waals surface area contributed by atoms with Crippen molar-refractivity contribution in [3.8, 4) is 0 Å². The smallest absolute Gasteiger partial charge is 0.224 e. The normalized spacial score (nSPS) is 13.5. The van der Waals surface area contributed by atoms with Crippen molar-refractivity contribution in [2.75, 3.05) is 19.0 Å². The number of rotatable bonds is 15. The molecule has 0 heterocycles. The van der Waals surface area contributed by atoms with Gasteiger partial charge in [0.05, 0.1) is 31.2 Å². The molecule has 0 saturated carbocycles. The van der Waals surface area contributed by atoms with E-state index in [0.717, 1.165) is 11.3 Å². The maximum absolute atomic E-state index is 12.8. The van der Waals surface area contributed by atoms with Crippen molar-refractivity contribution in [3.05, 3.63) is 84.4 Å². The van der Waals surface area contributed by atoms with Crippen molar-refractivity contribution in [2.45, 2.75) is 37.1 Å². The average molecular weight is 471 g/mol. The summed E-state index contributed by atoms with van der Waals surface area (Å²) in [4.78, 5) is 25.4. The summed E-state index contributed by atoms with van der Waals surface area (Å²) in [5.74, 6) is 0.175. The number of amides is 2. The molecule has 0 aliphatic carbocycles. The Morgan fingerprint density at radius 1 is 0.909 bits per heavy atom. The van der Waals surface area contributed by atoms with Crippen LogP contribution in [0.25, 0.3) is 0 Å². The molecule has 0 bridgehead atoms. The van der Waals surface area contributed by atoms with Gasteiger partial charge in [0.25, 0.3) is 0 Å². The first-order valence-electron chi connectivity index (χ1n) is 11.1. The molecule has 0 aliphatic heterocycles. The SMILES string of the molecule is C=CC[C@H](CC(=O)N[C@H](CO)Cc1ccccc1)C(=O)N[C@H](CO)CSCc1ccccc1. The molecule has 2 aromatic rings. The Bertz CT molecular complexity index is 848. The lowest BCUT2D eigenvalue weighted by atomic mass is 9.98. The summed E-state index contributed by atoms with van der Waals surface area (Å²) in [5, 5.41) is 25.0. The van der Waals surface area contributed by atoms with Gasteiger partial charge in [0.1, 0.15) is 0 Å². The van der Waals surface area contributed by atoms with E-state index in [9.17, 15) is 19.8 Å². The summed E-state index contributed by atoms with van der Waals surface area (Å²) in [5.41, 5.74) is 2.19. The van der Waals surface area contributed by atoms with Crippen LogP contribution in [-0.2, 0) is 21.8 Å². The molecule has 3 atom stereocenters. The fourth-order valence-corrected chi connectivity index (χ4v) is 4.43. The van der Waals surface area contributed by atoms with Crippen molar-refractivity contribution in [2.24, 2.45) is 5.92 Å². The van der Waals surface area contributed by atoms with Crippen LogP contribution in [0.2, 0.25) is 0 Å². The summed E-state index contributed by atoms with van der Waals surface area (Å²) in [7, 11) is 0. The summed E-state index contributed by atoms with van der Waals surface area (Å²) in [6.45, 7) is 3.33. The number of thioether (sulfide) groups is 1. The Labute approximate surface area is 200 Å². The first-order chi connectivity index (χ1) is 16.0. The topological polar surface area (TPSA) is 98.7 Å². The number of hydrogen-bond acceptors (Lipinski definition) is 5. The molecular weight excluding hydrogens is 436 g/mol. The Kier molecular flexibility index (Phi) is 12.3. The third-order valence-electron chi connectivity index (χ3n) is 5.16. The highest BCUT2D eigenvalue weighted by molar-refractivity contribution is 7.98. The van der Waals surface area contributed by atoms with E-state index < -0.39 is 18.0 Å². The molecular formula is C26H34N2O4S. The zero-order valence-corrected chi connectivity index (χ0v) is 19.7. The number of benzene rings is 2. The van der Waals surface area contributed by atoms with E-state index in [0.29, 0.717) is 18.6 Å². The van der Waals surface area contributed by atoms with Crippen LogP contribution in [0.4, 0.5) is 0 Å². The van der Waals surface area contributed by atoms with E-state index in [-0.39, 0.29) is 31.4 Å². The van der Waals surface area contributed by atoms with Crippen LogP contribution in [0, 0.1) is 5.92 Å². The van der Waals surface area contributed by atoms with Gasteiger partial charge in [-0.2, -0.15) is 11.8 Å². The van der Waals surface area contributed by atoms with Crippen molar-refractivity contribution in [1.82, 2.24) is 10.6 Å². The fourth-order valence-electron chi connectivity index (χ4n) is 3.41. The average Bonchev–Trinajstić information content (AvgIpc) is 2.83. The number of allylic oxidation sites excluding steroid dienone is 1. The van der Waals surface area contributed by atoms with Crippen LogP contribution in [0.5, 0.6) is 0 Å². The minimum absolute atomic E-state index is 0.0154. The number of carbonyl (C=O) groups is 2. The lowest BCUT2D eigenvalue weighted by Gasteiger charge is -2.22. The van der Waals surface area contributed by atoms with Gasteiger partial charge in [-0.1, -0.05) is 66.7 Å².